The third kappa shape index (κ3) is 5.80. The van der Waals surface area contributed by atoms with E-state index in [9.17, 15) is 19.5 Å². The summed E-state index contributed by atoms with van der Waals surface area (Å²) in [5.41, 5.74) is 2.48. The average molecular weight is 406 g/mol. The predicted octanol–water partition coefficient (Wildman–Crippen LogP) is 2.20. The number of amides is 1. The number of aliphatic hydroxyl groups is 1. The van der Waals surface area contributed by atoms with Crippen LogP contribution in [0, 0.1) is 5.92 Å². The fraction of sp³-hybridized carbons (Fsp3) is 0.250. The van der Waals surface area contributed by atoms with E-state index in [2.05, 4.69) is 5.32 Å². The van der Waals surface area contributed by atoms with Crippen LogP contribution in [0.15, 0.2) is 48.5 Å². The van der Waals surface area contributed by atoms with E-state index in [4.69, 9.17) is 21.8 Å². The van der Waals surface area contributed by atoms with Crippen molar-refractivity contribution < 1.29 is 29.7 Å². The van der Waals surface area contributed by atoms with Gasteiger partial charge in [-0.15, -0.1) is 0 Å². The highest BCUT2D eigenvalue weighted by atomic mass is 35.5. The number of benzene rings is 2. The van der Waals surface area contributed by atoms with E-state index in [1.54, 1.807) is 12.1 Å². The van der Waals surface area contributed by atoms with Crippen molar-refractivity contribution in [2.45, 2.75) is 18.9 Å². The quantitative estimate of drug-likeness (QED) is 0.499. The molecular weight excluding hydrogens is 386 g/mol. The van der Waals surface area contributed by atoms with Crippen LogP contribution in [0.3, 0.4) is 0 Å². The Labute approximate surface area is 166 Å². The van der Waals surface area contributed by atoms with E-state index in [1.807, 2.05) is 36.4 Å². The molecule has 0 aliphatic heterocycles. The van der Waals surface area contributed by atoms with Crippen LogP contribution in [0.2, 0.25) is 5.02 Å². The van der Waals surface area contributed by atoms with Crippen LogP contribution in [0.25, 0.3) is 11.1 Å². The fourth-order valence-electron chi connectivity index (χ4n) is 2.83. The van der Waals surface area contributed by atoms with Gasteiger partial charge in [-0.3, -0.25) is 9.59 Å². The van der Waals surface area contributed by atoms with Crippen molar-refractivity contribution >= 4 is 29.4 Å². The lowest BCUT2D eigenvalue weighted by Gasteiger charge is -2.21. The lowest BCUT2D eigenvalue weighted by Crippen LogP contribution is -2.42. The zero-order valence-corrected chi connectivity index (χ0v) is 15.6. The first-order chi connectivity index (χ1) is 13.3. The Morgan fingerprint density at radius 1 is 1.00 bits per heavy atom. The van der Waals surface area contributed by atoms with Gasteiger partial charge in [-0.1, -0.05) is 54.1 Å². The van der Waals surface area contributed by atoms with Gasteiger partial charge in [0.1, 0.15) is 0 Å². The van der Waals surface area contributed by atoms with Crippen molar-refractivity contribution in [3.8, 4) is 11.1 Å². The van der Waals surface area contributed by atoms with E-state index in [1.165, 1.54) is 0 Å². The number of carbonyl (C=O) groups is 3. The number of hydrogen-bond donors (Lipinski definition) is 4. The third-order valence-corrected chi connectivity index (χ3v) is 4.65. The lowest BCUT2D eigenvalue weighted by atomic mass is 9.94. The summed E-state index contributed by atoms with van der Waals surface area (Å²) >= 11 is 6.36. The number of carboxylic acid groups (broad SMARTS) is 2. The summed E-state index contributed by atoms with van der Waals surface area (Å²) < 4.78 is 0. The highest BCUT2D eigenvalue weighted by Gasteiger charge is 2.26. The number of rotatable bonds is 8. The number of nitrogens with one attached hydrogen (secondary N) is 1. The molecule has 0 radical (unpaired) electrons. The van der Waals surface area contributed by atoms with Crippen LogP contribution < -0.4 is 5.32 Å². The predicted molar refractivity (Wildman–Crippen MR) is 103 cm³/mol. The van der Waals surface area contributed by atoms with Gasteiger partial charge in [-0.05, 0) is 35.6 Å². The summed E-state index contributed by atoms with van der Waals surface area (Å²) in [6.45, 7) is -0.630. The van der Waals surface area contributed by atoms with Gasteiger partial charge in [0.25, 0.3) is 0 Å². The molecule has 0 saturated carbocycles. The maximum Gasteiger partial charge on any atom is 0.394 e. The molecule has 28 heavy (non-hydrogen) atoms. The van der Waals surface area contributed by atoms with Crippen LogP contribution in [0.1, 0.15) is 12.0 Å². The highest BCUT2D eigenvalue weighted by molar-refractivity contribution is 6.32. The van der Waals surface area contributed by atoms with Gasteiger partial charge >= 0.3 is 17.8 Å². The molecule has 2 rings (SSSR count). The zero-order valence-electron chi connectivity index (χ0n) is 14.8. The molecule has 1 amide bonds. The van der Waals surface area contributed by atoms with Gasteiger partial charge in [0, 0.05) is 11.1 Å². The Bertz CT molecular complexity index is 855. The largest absolute Gasteiger partial charge is 0.481 e. The Hall–Kier alpha value is -2.90. The molecule has 2 atom stereocenters. The molecule has 7 nitrogen and oxygen atoms in total. The van der Waals surface area contributed by atoms with E-state index in [0.29, 0.717) is 10.6 Å². The molecule has 0 fully saturated rings. The minimum Gasteiger partial charge on any atom is -0.481 e. The molecule has 0 saturated heterocycles. The van der Waals surface area contributed by atoms with E-state index >= 15 is 0 Å². The monoisotopic (exact) mass is 405 g/mol. The molecule has 8 heteroatoms. The molecule has 0 bridgehead atoms. The second-order valence-electron chi connectivity index (χ2n) is 6.31. The zero-order chi connectivity index (χ0) is 20.7. The molecule has 2 aromatic rings. The topological polar surface area (TPSA) is 124 Å². The number of halogens is 1. The Morgan fingerprint density at radius 2 is 1.68 bits per heavy atom. The number of aliphatic hydroxyl groups excluding tert-OH is 1. The highest BCUT2D eigenvalue weighted by Crippen LogP contribution is 2.27. The molecule has 0 spiro atoms. The van der Waals surface area contributed by atoms with E-state index in [-0.39, 0.29) is 12.8 Å². The van der Waals surface area contributed by atoms with E-state index in [0.717, 1.165) is 11.1 Å². The summed E-state index contributed by atoms with van der Waals surface area (Å²) in [6, 6.07) is 14.1. The Morgan fingerprint density at radius 3 is 2.21 bits per heavy atom. The molecule has 0 heterocycles. The molecule has 0 aliphatic rings. The maximum absolute atomic E-state index is 11.6. The summed E-state index contributed by atoms with van der Waals surface area (Å²) in [6.07, 6.45) is -0.0156. The molecule has 2 aromatic carbocycles. The molecule has 4 N–H and O–H groups in total. The molecule has 0 aromatic heterocycles. The SMILES string of the molecule is O=C(O)C(=O)N[C@H](Cc1ccc(-c2ccccc2)cc1Cl)C[C@H](CO)C(=O)O. The van der Waals surface area contributed by atoms with Crippen molar-refractivity contribution in [1.29, 1.82) is 0 Å². The van der Waals surface area contributed by atoms with Crippen LogP contribution in [0.5, 0.6) is 0 Å². The van der Waals surface area contributed by atoms with Gasteiger partial charge in [0.15, 0.2) is 0 Å². The maximum atomic E-state index is 11.6. The minimum absolute atomic E-state index is 0.122. The Balaban J connectivity index is 2.23. The average Bonchev–Trinajstić information content (AvgIpc) is 2.67. The van der Waals surface area contributed by atoms with Gasteiger partial charge in [0.05, 0.1) is 12.5 Å². The van der Waals surface area contributed by atoms with E-state index < -0.39 is 36.4 Å². The molecule has 148 valence electrons. The summed E-state index contributed by atoms with van der Waals surface area (Å²) in [5, 5.41) is 29.9. The van der Waals surface area contributed by atoms with Crippen molar-refractivity contribution in [3.63, 3.8) is 0 Å². The molecular formula is C20H20ClNO6. The summed E-state index contributed by atoms with van der Waals surface area (Å²) in [7, 11) is 0. The smallest absolute Gasteiger partial charge is 0.394 e. The van der Waals surface area contributed by atoms with Crippen molar-refractivity contribution in [3.05, 3.63) is 59.1 Å². The fourth-order valence-corrected chi connectivity index (χ4v) is 3.08. The summed E-state index contributed by atoms with van der Waals surface area (Å²) in [5.74, 6) is -5.29. The van der Waals surface area contributed by atoms with Gasteiger partial charge < -0.3 is 20.6 Å². The van der Waals surface area contributed by atoms with Crippen LogP contribution >= 0.6 is 11.6 Å². The van der Waals surface area contributed by atoms with Gasteiger partial charge in [0.2, 0.25) is 0 Å². The Kier molecular flexibility index (Phi) is 7.54. The number of hydrogen-bond acceptors (Lipinski definition) is 4. The first-order valence-corrected chi connectivity index (χ1v) is 8.91. The number of aliphatic carboxylic acids is 2. The van der Waals surface area contributed by atoms with Gasteiger partial charge in [-0.2, -0.15) is 0 Å². The van der Waals surface area contributed by atoms with Crippen LogP contribution in [0.4, 0.5) is 0 Å². The van der Waals surface area contributed by atoms with Crippen LogP contribution in [-0.4, -0.2) is 45.8 Å². The minimum atomic E-state index is -1.67. The second-order valence-corrected chi connectivity index (χ2v) is 6.71. The third-order valence-electron chi connectivity index (χ3n) is 4.29. The first kappa shape index (κ1) is 21.4. The van der Waals surface area contributed by atoms with Crippen molar-refractivity contribution in [2.75, 3.05) is 6.61 Å². The van der Waals surface area contributed by atoms with Crippen LogP contribution in [-0.2, 0) is 20.8 Å². The summed E-state index contributed by atoms with van der Waals surface area (Å²) in [4.78, 5) is 33.6. The van der Waals surface area contributed by atoms with Crippen molar-refractivity contribution in [1.82, 2.24) is 5.32 Å². The first-order valence-electron chi connectivity index (χ1n) is 8.53. The standard InChI is InChI=1S/C20H20ClNO6/c21-17-10-13(12-4-2-1-3-5-12)6-7-14(17)8-16(22-18(24)20(27)28)9-15(11-23)19(25)26/h1-7,10,15-16,23H,8-9,11H2,(H,22,24)(H,25,26)(H,27,28)/t15-,16-/m1/s1. The number of carboxylic acids is 2. The number of carbonyl (C=O) groups excluding carboxylic acids is 1. The van der Waals surface area contributed by atoms with Gasteiger partial charge in [-0.25, -0.2) is 4.79 Å². The lowest BCUT2D eigenvalue weighted by molar-refractivity contribution is -0.150. The molecule has 0 unspecified atom stereocenters. The molecule has 0 aliphatic carbocycles. The second kappa shape index (κ2) is 9.87. The van der Waals surface area contributed by atoms with Crippen molar-refractivity contribution in [2.24, 2.45) is 5.92 Å². The normalized spacial score (nSPS) is 12.8.